The molecule has 3 rings (SSSR count). The molecule has 3 nitrogen and oxygen atoms in total. The van der Waals surface area contributed by atoms with E-state index in [1.807, 2.05) is 25.3 Å². The van der Waals surface area contributed by atoms with E-state index in [1.54, 1.807) is 0 Å². The van der Waals surface area contributed by atoms with Crippen molar-refractivity contribution in [3.8, 4) is 11.5 Å². The predicted molar refractivity (Wildman–Crippen MR) is 71.3 cm³/mol. The molecule has 0 N–H and O–H groups in total. The van der Waals surface area contributed by atoms with Crippen molar-refractivity contribution in [3.63, 3.8) is 0 Å². The van der Waals surface area contributed by atoms with E-state index in [9.17, 15) is 0 Å². The number of hydrogen-bond donors (Lipinski definition) is 0. The van der Waals surface area contributed by atoms with Crippen LogP contribution in [0.2, 0.25) is 0 Å². The molecule has 0 spiro atoms. The van der Waals surface area contributed by atoms with Crippen molar-refractivity contribution >= 4 is 0 Å². The first-order chi connectivity index (χ1) is 8.74. The lowest BCUT2D eigenvalue weighted by atomic mass is 10.1. The van der Waals surface area contributed by atoms with E-state index in [0.29, 0.717) is 6.04 Å². The lowest BCUT2D eigenvalue weighted by molar-refractivity contribution is 0.317. The molecule has 1 aliphatic heterocycles. The van der Waals surface area contributed by atoms with Crippen LogP contribution in [-0.2, 0) is 0 Å². The number of pyridine rings is 1. The van der Waals surface area contributed by atoms with E-state index in [2.05, 4.69) is 29.1 Å². The number of nitrogens with zero attached hydrogens (tertiary/aromatic N) is 2. The molecule has 1 saturated heterocycles. The third-order valence-electron chi connectivity index (χ3n) is 3.68. The molecule has 0 amide bonds. The Morgan fingerprint density at radius 3 is 2.72 bits per heavy atom. The van der Waals surface area contributed by atoms with Crippen LogP contribution in [0.3, 0.4) is 0 Å². The molecule has 0 aliphatic carbocycles. The van der Waals surface area contributed by atoms with Crippen LogP contribution in [0.5, 0.6) is 0 Å². The van der Waals surface area contributed by atoms with Gasteiger partial charge in [-0.05, 0) is 57.1 Å². The summed E-state index contributed by atoms with van der Waals surface area (Å²) in [5, 5.41) is 0. The Balaban J connectivity index is 1.85. The Morgan fingerprint density at radius 1 is 1.28 bits per heavy atom. The van der Waals surface area contributed by atoms with Gasteiger partial charge in [0.15, 0.2) is 5.76 Å². The van der Waals surface area contributed by atoms with Crippen molar-refractivity contribution in [2.45, 2.75) is 25.8 Å². The summed E-state index contributed by atoms with van der Waals surface area (Å²) in [6, 6.07) is 8.70. The van der Waals surface area contributed by atoms with E-state index >= 15 is 0 Å². The minimum atomic E-state index is 0.532. The van der Waals surface area contributed by atoms with E-state index in [0.717, 1.165) is 17.2 Å². The standard InChI is InChI=1S/C15H18N2O/c1-11-5-8-15(18-11)13-7-6-12(10-16-13)14-4-3-9-17(14)2/h5-8,10,14H,3-4,9H2,1-2H3/t14-/m0/s1. The van der Waals surface area contributed by atoms with Crippen LogP contribution in [0, 0.1) is 6.92 Å². The minimum absolute atomic E-state index is 0.532. The third-order valence-corrected chi connectivity index (χ3v) is 3.68. The average molecular weight is 242 g/mol. The van der Waals surface area contributed by atoms with Crippen LogP contribution in [0.15, 0.2) is 34.9 Å². The lowest BCUT2D eigenvalue weighted by Crippen LogP contribution is -2.17. The Hall–Kier alpha value is -1.61. The van der Waals surface area contributed by atoms with Crippen LogP contribution >= 0.6 is 0 Å². The van der Waals surface area contributed by atoms with Gasteiger partial charge in [0.05, 0.1) is 0 Å². The smallest absolute Gasteiger partial charge is 0.152 e. The highest BCUT2D eigenvalue weighted by atomic mass is 16.3. The highest BCUT2D eigenvalue weighted by Crippen LogP contribution is 2.30. The maximum atomic E-state index is 5.58. The Kier molecular flexibility index (Phi) is 2.92. The zero-order chi connectivity index (χ0) is 12.5. The van der Waals surface area contributed by atoms with Gasteiger partial charge in [-0.15, -0.1) is 0 Å². The van der Waals surface area contributed by atoms with Gasteiger partial charge in [0.1, 0.15) is 11.5 Å². The van der Waals surface area contributed by atoms with Crippen LogP contribution < -0.4 is 0 Å². The van der Waals surface area contributed by atoms with Gasteiger partial charge in [0.2, 0.25) is 0 Å². The van der Waals surface area contributed by atoms with Gasteiger partial charge in [-0.2, -0.15) is 0 Å². The molecule has 1 fully saturated rings. The predicted octanol–water partition coefficient (Wildman–Crippen LogP) is 3.42. The van der Waals surface area contributed by atoms with Gasteiger partial charge in [0.25, 0.3) is 0 Å². The highest BCUT2D eigenvalue weighted by Gasteiger charge is 2.22. The maximum absolute atomic E-state index is 5.58. The Morgan fingerprint density at radius 2 is 2.17 bits per heavy atom. The van der Waals surface area contributed by atoms with Crippen LogP contribution in [-0.4, -0.2) is 23.5 Å². The molecule has 3 heteroatoms. The first-order valence-electron chi connectivity index (χ1n) is 6.47. The number of aromatic nitrogens is 1. The minimum Gasteiger partial charge on any atom is -0.460 e. The van der Waals surface area contributed by atoms with Crippen molar-refractivity contribution in [1.29, 1.82) is 0 Å². The summed E-state index contributed by atoms with van der Waals surface area (Å²) in [4.78, 5) is 6.92. The second-order valence-electron chi connectivity index (χ2n) is 5.03. The first-order valence-corrected chi connectivity index (χ1v) is 6.47. The maximum Gasteiger partial charge on any atom is 0.152 e. The molecule has 0 unspecified atom stereocenters. The van der Waals surface area contributed by atoms with Crippen molar-refractivity contribution in [1.82, 2.24) is 9.88 Å². The second-order valence-corrected chi connectivity index (χ2v) is 5.03. The van der Waals surface area contributed by atoms with E-state index in [1.165, 1.54) is 24.9 Å². The third kappa shape index (κ3) is 2.06. The average Bonchev–Trinajstić information content (AvgIpc) is 2.98. The molecule has 2 aromatic rings. The lowest BCUT2D eigenvalue weighted by Gasteiger charge is -2.19. The quantitative estimate of drug-likeness (QED) is 0.808. The number of likely N-dealkylation sites (tertiary alicyclic amines) is 1. The molecule has 0 aromatic carbocycles. The summed E-state index contributed by atoms with van der Waals surface area (Å²) >= 11 is 0. The molecule has 0 radical (unpaired) electrons. The number of rotatable bonds is 2. The summed E-state index contributed by atoms with van der Waals surface area (Å²) in [6.45, 7) is 3.13. The van der Waals surface area contributed by atoms with E-state index in [-0.39, 0.29) is 0 Å². The van der Waals surface area contributed by atoms with Gasteiger partial charge < -0.3 is 4.42 Å². The van der Waals surface area contributed by atoms with Crippen molar-refractivity contribution in [3.05, 3.63) is 41.8 Å². The number of hydrogen-bond acceptors (Lipinski definition) is 3. The normalized spacial score (nSPS) is 20.4. The van der Waals surface area contributed by atoms with Crippen molar-refractivity contribution in [2.75, 3.05) is 13.6 Å². The summed E-state index contributed by atoms with van der Waals surface area (Å²) in [6.07, 6.45) is 4.50. The topological polar surface area (TPSA) is 29.3 Å². The van der Waals surface area contributed by atoms with Gasteiger partial charge in [-0.25, -0.2) is 0 Å². The van der Waals surface area contributed by atoms with Gasteiger partial charge in [-0.3, -0.25) is 9.88 Å². The van der Waals surface area contributed by atoms with Crippen LogP contribution in [0.25, 0.3) is 11.5 Å². The molecular weight excluding hydrogens is 224 g/mol. The molecule has 3 heterocycles. The number of furan rings is 1. The van der Waals surface area contributed by atoms with E-state index < -0.39 is 0 Å². The molecule has 1 aliphatic rings. The summed E-state index contributed by atoms with van der Waals surface area (Å²) in [5.41, 5.74) is 2.22. The largest absolute Gasteiger partial charge is 0.460 e. The van der Waals surface area contributed by atoms with Gasteiger partial charge >= 0.3 is 0 Å². The molecular formula is C15H18N2O. The second kappa shape index (κ2) is 4.58. The first kappa shape index (κ1) is 11.5. The zero-order valence-electron chi connectivity index (χ0n) is 10.9. The molecule has 94 valence electrons. The SMILES string of the molecule is Cc1ccc(-c2ccc([C@@H]3CCCN3C)cn2)o1. The number of aryl methyl sites for hydroxylation is 1. The van der Waals surface area contributed by atoms with Gasteiger partial charge in [-0.1, -0.05) is 6.07 Å². The van der Waals surface area contributed by atoms with Crippen molar-refractivity contribution in [2.24, 2.45) is 0 Å². The van der Waals surface area contributed by atoms with Gasteiger partial charge in [0, 0.05) is 12.2 Å². The Labute approximate surface area is 107 Å². The Bertz CT molecular complexity index is 530. The zero-order valence-corrected chi connectivity index (χ0v) is 10.9. The monoisotopic (exact) mass is 242 g/mol. The highest BCUT2D eigenvalue weighted by molar-refractivity contribution is 5.52. The summed E-state index contributed by atoms with van der Waals surface area (Å²) in [5.74, 6) is 1.77. The summed E-state index contributed by atoms with van der Waals surface area (Å²) < 4.78 is 5.58. The fourth-order valence-corrected chi connectivity index (χ4v) is 2.65. The van der Waals surface area contributed by atoms with Crippen molar-refractivity contribution < 1.29 is 4.42 Å². The fraction of sp³-hybridized carbons (Fsp3) is 0.400. The summed E-state index contributed by atoms with van der Waals surface area (Å²) in [7, 11) is 2.18. The molecule has 0 bridgehead atoms. The molecule has 18 heavy (non-hydrogen) atoms. The van der Waals surface area contributed by atoms with E-state index in [4.69, 9.17) is 4.42 Å². The fourth-order valence-electron chi connectivity index (χ4n) is 2.65. The molecule has 0 saturated carbocycles. The van der Waals surface area contributed by atoms with Crippen LogP contribution in [0.1, 0.15) is 30.2 Å². The van der Waals surface area contributed by atoms with Crippen LogP contribution in [0.4, 0.5) is 0 Å². The molecule has 1 atom stereocenters. The molecule has 2 aromatic heterocycles.